The van der Waals surface area contributed by atoms with Crippen LogP contribution >= 0.6 is 0 Å². The summed E-state index contributed by atoms with van der Waals surface area (Å²) in [5.74, 6) is -0.545. The van der Waals surface area contributed by atoms with Gasteiger partial charge in [0.05, 0.1) is 4.90 Å². The number of hydrogen-bond donors (Lipinski definition) is 1. The molecular weight excluding hydrogens is 398 g/mol. The zero-order chi connectivity index (χ0) is 20.7. The maximum absolute atomic E-state index is 13.1. The van der Waals surface area contributed by atoms with Crippen molar-refractivity contribution in [2.45, 2.75) is 56.4 Å². The smallest absolute Gasteiger partial charge is 0.444 e. The maximum atomic E-state index is 13.1. The van der Waals surface area contributed by atoms with Crippen LogP contribution in [-0.2, 0) is 14.8 Å². The topological polar surface area (TPSA) is 94.2 Å². The Kier molecular flexibility index (Phi) is 5.17. The number of nitrogens with zero attached hydrogens (tertiary/aromatic N) is 1. The molecule has 3 rings (SSSR count). The molecule has 28 heavy (non-hydrogen) atoms. The lowest BCUT2D eigenvalue weighted by atomic mass is 10.1. The molecule has 2 heterocycles. The number of piperidine rings is 1. The highest BCUT2D eigenvalue weighted by atomic mass is 32.2. The molecule has 2 aliphatic heterocycles. The molecule has 0 atom stereocenters. The van der Waals surface area contributed by atoms with Crippen molar-refractivity contribution < 1.29 is 36.2 Å². The van der Waals surface area contributed by atoms with Crippen LogP contribution in [0.4, 0.5) is 13.6 Å². The number of sulfonamides is 1. The van der Waals surface area contributed by atoms with E-state index in [1.165, 1.54) is 10.4 Å². The van der Waals surface area contributed by atoms with Gasteiger partial charge in [0.15, 0.2) is 11.5 Å². The lowest BCUT2D eigenvalue weighted by molar-refractivity contribution is -0.286. The van der Waals surface area contributed by atoms with Crippen molar-refractivity contribution in [2.75, 3.05) is 13.1 Å². The lowest BCUT2D eigenvalue weighted by Gasteiger charge is -2.32. The number of alkyl carbamates (subject to hydrolysis) is 1. The number of halogens is 2. The van der Waals surface area contributed by atoms with Crippen molar-refractivity contribution in [1.29, 1.82) is 0 Å². The number of alkyl halides is 2. The second kappa shape index (κ2) is 7.03. The molecule has 0 spiro atoms. The molecule has 1 aromatic rings. The summed E-state index contributed by atoms with van der Waals surface area (Å²) in [5.41, 5.74) is -0.621. The van der Waals surface area contributed by atoms with E-state index in [0.29, 0.717) is 12.8 Å². The van der Waals surface area contributed by atoms with Gasteiger partial charge in [-0.3, -0.25) is 0 Å². The van der Waals surface area contributed by atoms with Crippen LogP contribution in [-0.4, -0.2) is 49.8 Å². The monoisotopic (exact) mass is 420 g/mol. The minimum absolute atomic E-state index is 0.161. The normalized spacial score (nSPS) is 20.0. The van der Waals surface area contributed by atoms with E-state index in [-0.39, 0.29) is 35.5 Å². The number of amides is 1. The van der Waals surface area contributed by atoms with Crippen LogP contribution < -0.4 is 14.8 Å². The molecule has 1 fully saturated rings. The molecule has 1 N–H and O–H groups in total. The molecule has 8 nitrogen and oxygen atoms in total. The summed E-state index contributed by atoms with van der Waals surface area (Å²) in [6, 6.07) is 3.15. The molecular formula is C17H22F2N2O6S. The number of ether oxygens (including phenoxy) is 3. The van der Waals surface area contributed by atoms with Crippen LogP contribution in [0.25, 0.3) is 0 Å². The molecule has 1 amide bonds. The predicted molar refractivity (Wildman–Crippen MR) is 93.8 cm³/mol. The van der Waals surface area contributed by atoms with Crippen LogP contribution in [0, 0.1) is 0 Å². The molecule has 0 unspecified atom stereocenters. The van der Waals surface area contributed by atoms with Gasteiger partial charge in [-0.15, -0.1) is 8.78 Å². The third-order valence-electron chi connectivity index (χ3n) is 4.19. The summed E-state index contributed by atoms with van der Waals surface area (Å²) in [6.45, 7) is 5.61. The van der Waals surface area contributed by atoms with E-state index in [2.05, 4.69) is 14.8 Å². The highest BCUT2D eigenvalue weighted by molar-refractivity contribution is 7.89. The van der Waals surface area contributed by atoms with Crippen molar-refractivity contribution >= 4 is 16.1 Å². The van der Waals surface area contributed by atoms with E-state index in [4.69, 9.17) is 4.74 Å². The first-order chi connectivity index (χ1) is 12.9. The first kappa shape index (κ1) is 20.6. The van der Waals surface area contributed by atoms with Gasteiger partial charge in [-0.1, -0.05) is 0 Å². The van der Waals surface area contributed by atoms with Crippen molar-refractivity contribution in [3.63, 3.8) is 0 Å². The highest BCUT2D eigenvalue weighted by Crippen LogP contribution is 2.42. The Morgan fingerprint density at radius 3 is 2.43 bits per heavy atom. The molecule has 0 aromatic heterocycles. The van der Waals surface area contributed by atoms with Gasteiger partial charge in [0.25, 0.3) is 0 Å². The second-order valence-electron chi connectivity index (χ2n) is 7.60. The standard InChI is InChI=1S/C17H22F2N2O6S/c1-16(2,3)27-15(22)20-11-6-8-21(9-7-11)28(23,24)12-4-5-13-14(10-12)26-17(18,19)25-13/h4-5,10-11H,6-9H2,1-3H3,(H,20,22). The van der Waals surface area contributed by atoms with E-state index < -0.39 is 28.0 Å². The van der Waals surface area contributed by atoms with Crippen molar-refractivity contribution in [2.24, 2.45) is 0 Å². The Bertz CT molecular complexity index is 861. The number of carbonyl (C=O) groups excluding carboxylic acids is 1. The third kappa shape index (κ3) is 4.64. The van der Waals surface area contributed by atoms with E-state index in [1.54, 1.807) is 20.8 Å². The summed E-state index contributed by atoms with van der Waals surface area (Å²) in [5, 5.41) is 2.73. The Balaban J connectivity index is 1.62. The highest BCUT2D eigenvalue weighted by Gasteiger charge is 2.44. The predicted octanol–water partition coefficient (Wildman–Crippen LogP) is 2.69. The number of carbonyl (C=O) groups is 1. The van der Waals surface area contributed by atoms with Crippen LogP contribution in [0.15, 0.2) is 23.1 Å². The molecule has 1 saturated heterocycles. The van der Waals surface area contributed by atoms with Gasteiger partial charge in [-0.25, -0.2) is 13.2 Å². The van der Waals surface area contributed by atoms with Crippen molar-refractivity contribution in [3.05, 3.63) is 18.2 Å². The van der Waals surface area contributed by atoms with Crippen LogP contribution in [0.5, 0.6) is 11.5 Å². The van der Waals surface area contributed by atoms with Crippen LogP contribution in [0.3, 0.4) is 0 Å². The van der Waals surface area contributed by atoms with Gasteiger partial charge < -0.3 is 19.5 Å². The number of nitrogens with one attached hydrogen (secondary N) is 1. The molecule has 1 aromatic carbocycles. The van der Waals surface area contributed by atoms with E-state index in [1.807, 2.05) is 0 Å². The quantitative estimate of drug-likeness (QED) is 0.808. The summed E-state index contributed by atoms with van der Waals surface area (Å²) in [4.78, 5) is 11.7. The van der Waals surface area contributed by atoms with E-state index in [0.717, 1.165) is 12.1 Å². The summed E-state index contributed by atoms with van der Waals surface area (Å²) >= 11 is 0. The van der Waals surface area contributed by atoms with Crippen molar-refractivity contribution in [1.82, 2.24) is 9.62 Å². The van der Waals surface area contributed by atoms with Crippen molar-refractivity contribution in [3.8, 4) is 11.5 Å². The van der Waals surface area contributed by atoms with Gasteiger partial charge in [0, 0.05) is 25.2 Å². The fraction of sp³-hybridized carbons (Fsp3) is 0.588. The van der Waals surface area contributed by atoms with Gasteiger partial charge in [0.2, 0.25) is 10.0 Å². The Hall–Kier alpha value is -2.14. The summed E-state index contributed by atoms with van der Waals surface area (Å²) in [6.07, 6.45) is -3.55. The van der Waals surface area contributed by atoms with E-state index >= 15 is 0 Å². The number of benzene rings is 1. The second-order valence-corrected chi connectivity index (χ2v) is 9.54. The molecule has 0 saturated carbocycles. The van der Waals surface area contributed by atoms with Gasteiger partial charge >= 0.3 is 12.4 Å². The molecule has 156 valence electrons. The molecule has 0 radical (unpaired) electrons. The number of hydrogen-bond acceptors (Lipinski definition) is 6. The average molecular weight is 420 g/mol. The zero-order valence-corrected chi connectivity index (χ0v) is 16.5. The maximum Gasteiger partial charge on any atom is 0.586 e. The summed E-state index contributed by atoms with van der Waals surface area (Å²) in [7, 11) is -3.89. The van der Waals surface area contributed by atoms with Crippen LogP contribution in [0.1, 0.15) is 33.6 Å². The van der Waals surface area contributed by atoms with Gasteiger partial charge in [-0.2, -0.15) is 4.31 Å². The molecule has 0 aliphatic carbocycles. The van der Waals surface area contributed by atoms with E-state index in [9.17, 15) is 22.0 Å². The Labute approximate surface area is 161 Å². The molecule has 0 bridgehead atoms. The molecule has 11 heteroatoms. The minimum Gasteiger partial charge on any atom is -0.444 e. The number of rotatable bonds is 3. The average Bonchev–Trinajstić information content (AvgIpc) is 2.86. The largest absolute Gasteiger partial charge is 0.586 e. The summed E-state index contributed by atoms with van der Waals surface area (Å²) < 4.78 is 66.9. The number of fused-ring (bicyclic) bond motifs is 1. The lowest BCUT2D eigenvalue weighted by Crippen LogP contribution is -2.47. The fourth-order valence-corrected chi connectivity index (χ4v) is 4.44. The first-order valence-corrected chi connectivity index (χ1v) is 10.2. The van der Waals surface area contributed by atoms with Gasteiger partial charge in [0.1, 0.15) is 5.60 Å². The Morgan fingerprint density at radius 2 is 1.82 bits per heavy atom. The van der Waals surface area contributed by atoms with Crippen LogP contribution in [0.2, 0.25) is 0 Å². The Morgan fingerprint density at radius 1 is 1.21 bits per heavy atom. The SMILES string of the molecule is CC(C)(C)OC(=O)NC1CCN(S(=O)(=O)c2ccc3c(c2)OC(F)(F)O3)CC1. The minimum atomic E-state index is -3.89. The molecule has 2 aliphatic rings. The first-order valence-electron chi connectivity index (χ1n) is 8.75. The van der Waals surface area contributed by atoms with Gasteiger partial charge in [-0.05, 0) is 45.7 Å². The zero-order valence-electron chi connectivity index (χ0n) is 15.7. The third-order valence-corrected chi connectivity index (χ3v) is 6.08. The fourth-order valence-electron chi connectivity index (χ4n) is 2.95.